The summed E-state index contributed by atoms with van der Waals surface area (Å²) in [4.78, 5) is 15.9. The summed E-state index contributed by atoms with van der Waals surface area (Å²) in [5.74, 6) is -0.744. The number of pyridine rings is 1. The molecule has 7 heteroatoms. The van der Waals surface area contributed by atoms with Gasteiger partial charge in [-0.1, -0.05) is 23.2 Å². The normalized spacial score (nSPS) is 10.2. The van der Waals surface area contributed by atoms with Gasteiger partial charge in [0.2, 0.25) is 0 Å². The smallest absolute Gasteiger partial charge is 0.278 e. The Kier molecular flexibility index (Phi) is 4.32. The summed E-state index contributed by atoms with van der Waals surface area (Å²) >= 11 is 11.6. The van der Waals surface area contributed by atoms with Crippen LogP contribution in [0.4, 0.5) is 5.69 Å². The van der Waals surface area contributed by atoms with Gasteiger partial charge in [0, 0.05) is 18.0 Å². The van der Waals surface area contributed by atoms with Gasteiger partial charge in [-0.05, 0) is 18.2 Å². The van der Waals surface area contributed by atoms with Gasteiger partial charge in [0.1, 0.15) is 0 Å². The van der Waals surface area contributed by atoms with E-state index in [-0.39, 0.29) is 17.2 Å². The predicted molar refractivity (Wildman–Crippen MR) is 76.9 cm³/mol. The Morgan fingerprint density at radius 1 is 1.30 bits per heavy atom. The Balaban J connectivity index is 2.26. The zero-order valence-electron chi connectivity index (χ0n) is 10.4. The van der Waals surface area contributed by atoms with Crippen molar-refractivity contribution in [3.8, 4) is 11.5 Å². The van der Waals surface area contributed by atoms with Crippen molar-refractivity contribution in [2.24, 2.45) is 0 Å². The molecule has 0 radical (unpaired) electrons. The van der Waals surface area contributed by atoms with Gasteiger partial charge in [-0.2, -0.15) is 0 Å². The Bertz CT molecular complexity index is 662. The van der Waals surface area contributed by atoms with E-state index in [9.17, 15) is 9.90 Å². The maximum atomic E-state index is 12.0. The number of methoxy groups -OCH3 is 1. The molecule has 0 aliphatic carbocycles. The number of halogens is 2. The number of hydrogen-bond donors (Lipinski definition) is 2. The molecule has 1 heterocycles. The molecule has 0 aliphatic rings. The summed E-state index contributed by atoms with van der Waals surface area (Å²) in [5, 5.41) is 13.1. The summed E-state index contributed by atoms with van der Waals surface area (Å²) in [7, 11) is 1.38. The zero-order chi connectivity index (χ0) is 14.7. The van der Waals surface area contributed by atoms with E-state index in [1.807, 2.05) is 0 Å². The Morgan fingerprint density at radius 3 is 2.70 bits per heavy atom. The molecule has 104 valence electrons. The van der Waals surface area contributed by atoms with Gasteiger partial charge in [-0.3, -0.25) is 4.79 Å². The van der Waals surface area contributed by atoms with E-state index in [2.05, 4.69) is 10.3 Å². The van der Waals surface area contributed by atoms with Crippen molar-refractivity contribution in [1.82, 2.24) is 4.98 Å². The molecule has 5 nitrogen and oxygen atoms in total. The Labute approximate surface area is 125 Å². The molecule has 0 saturated heterocycles. The molecule has 2 rings (SSSR count). The summed E-state index contributed by atoms with van der Waals surface area (Å²) in [6.45, 7) is 0. The molecular formula is C13H10Cl2N2O3. The largest absolute Gasteiger partial charge is 0.503 e. The minimum absolute atomic E-state index is 0.143. The monoisotopic (exact) mass is 312 g/mol. The van der Waals surface area contributed by atoms with Crippen LogP contribution in [0.5, 0.6) is 11.5 Å². The van der Waals surface area contributed by atoms with E-state index in [0.29, 0.717) is 15.7 Å². The molecule has 2 N–H and O–H groups in total. The summed E-state index contributed by atoms with van der Waals surface area (Å²) in [5.41, 5.74) is 0.295. The van der Waals surface area contributed by atoms with Crippen LogP contribution in [-0.4, -0.2) is 23.1 Å². The van der Waals surface area contributed by atoms with Crippen LogP contribution >= 0.6 is 23.2 Å². The maximum absolute atomic E-state index is 12.0. The first-order chi connectivity index (χ1) is 9.52. The van der Waals surface area contributed by atoms with Crippen molar-refractivity contribution < 1.29 is 14.6 Å². The molecule has 0 unspecified atom stereocenters. The van der Waals surface area contributed by atoms with Crippen LogP contribution in [0.25, 0.3) is 0 Å². The van der Waals surface area contributed by atoms with Gasteiger partial charge < -0.3 is 15.2 Å². The molecule has 2 aromatic rings. The molecule has 1 aromatic carbocycles. The minimum atomic E-state index is -0.584. The minimum Gasteiger partial charge on any atom is -0.503 e. The van der Waals surface area contributed by atoms with Crippen molar-refractivity contribution in [3.05, 3.63) is 46.2 Å². The van der Waals surface area contributed by atoms with Gasteiger partial charge in [0.15, 0.2) is 17.2 Å². The lowest BCUT2D eigenvalue weighted by molar-refractivity contribution is 0.101. The van der Waals surface area contributed by atoms with Gasteiger partial charge in [-0.15, -0.1) is 0 Å². The lowest BCUT2D eigenvalue weighted by atomic mass is 10.2. The lowest BCUT2D eigenvalue weighted by Crippen LogP contribution is -2.14. The molecule has 0 saturated carbocycles. The summed E-state index contributed by atoms with van der Waals surface area (Å²) in [6.07, 6.45) is 1.36. The van der Waals surface area contributed by atoms with Gasteiger partial charge in [0.05, 0.1) is 17.2 Å². The van der Waals surface area contributed by atoms with Crippen molar-refractivity contribution >= 4 is 34.8 Å². The number of aromatic nitrogens is 1. The van der Waals surface area contributed by atoms with E-state index < -0.39 is 5.91 Å². The van der Waals surface area contributed by atoms with E-state index in [1.54, 1.807) is 12.1 Å². The zero-order valence-corrected chi connectivity index (χ0v) is 11.9. The topological polar surface area (TPSA) is 71.5 Å². The highest BCUT2D eigenvalue weighted by molar-refractivity contribution is 6.42. The van der Waals surface area contributed by atoms with Gasteiger partial charge in [0.25, 0.3) is 5.91 Å². The molecule has 20 heavy (non-hydrogen) atoms. The van der Waals surface area contributed by atoms with Crippen LogP contribution < -0.4 is 10.1 Å². The number of anilines is 1. The summed E-state index contributed by atoms with van der Waals surface area (Å²) < 4.78 is 4.91. The molecule has 0 fully saturated rings. The second kappa shape index (κ2) is 5.98. The molecule has 0 aliphatic heterocycles. The number of amides is 1. The highest BCUT2D eigenvalue weighted by Gasteiger charge is 2.17. The fraction of sp³-hybridized carbons (Fsp3) is 0.0769. The lowest BCUT2D eigenvalue weighted by Gasteiger charge is -2.09. The number of ether oxygens (including phenoxy) is 1. The van der Waals surface area contributed by atoms with E-state index >= 15 is 0 Å². The first-order valence-corrected chi connectivity index (χ1v) is 6.27. The quantitative estimate of drug-likeness (QED) is 0.911. The van der Waals surface area contributed by atoms with Crippen LogP contribution in [0.1, 0.15) is 10.5 Å². The van der Waals surface area contributed by atoms with Crippen LogP contribution in [0.15, 0.2) is 30.5 Å². The molecule has 0 bridgehead atoms. The number of benzene rings is 1. The number of nitrogens with one attached hydrogen (secondary N) is 1. The van der Waals surface area contributed by atoms with Crippen LogP contribution in [0.2, 0.25) is 10.0 Å². The molecule has 0 spiro atoms. The third-order valence-electron chi connectivity index (χ3n) is 2.50. The van der Waals surface area contributed by atoms with Gasteiger partial charge >= 0.3 is 0 Å². The Hall–Kier alpha value is -1.98. The number of carbonyl (C=O) groups excluding carboxylic acids is 1. The number of nitrogens with zero attached hydrogens (tertiary/aromatic N) is 1. The average Bonchev–Trinajstić information content (AvgIpc) is 2.43. The molecule has 1 aromatic heterocycles. The highest BCUT2D eigenvalue weighted by atomic mass is 35.5. The van der Waals surface area contributed by atoms with Crippen molar-refractivity contribution in [2.75, 3.05) is 12.4 Å². The molecular weight excluding hydrogens is 303 g/mol. The van der Waals surface area contributed by atoms with Crippen LogP contribution in [0, 0.1) is 0 Å². The van der Waals surface area contributed by atoms with E-state index in [4.69, 9.17) is 27.9 Å². The first kappa shape index (κ1) is 14.4. The fourth-order valence-corrected chi connectivity index (χ4v) is 1.83. The third-order valence-corrected chi connectivity index (χ3v) is 3.24. The van der Waals surface area contributed by atoms with Crippen molar-refractivity contribution in [3.63, 3.8) is 0 Å². The maximum Gasteiger partial charge on any atom is 0.278 e. The number of aromatic hydroxyl groups is 1. The second-order valence-electron chi connectivity index (χ2n) is 3.79. The highest BCUT2D eigenvalue weighted by Crippen LogP contribution is 2.29. The van der Waals surface area contributed by atoms with Crippen molar-refractivity contribution in [2.45, 2.75) is 0 Å². The third kappa shape index (κ3) is 2.95. The predicted octanol–water partition coefficient (Wildman–Crippen LogP) is 3.35. The SMILES string of the molecule is COc1ccnc(C(=O)Nc2ccc(Cl)c(Cl)c2)c1O. The van der Waals surface area contributed by atoms with Crippen LogP contribution in [0.3, 0.4) is 0 Å². The second-order valence-corrected chi connectivity index (χ2v) is 4.61. The molecule has 0 atom stereocenters. The first-order valence-electron chi connectivity index (χ1n) is 5.51. The van der Waals surface area contributed by atoms with E-state index in [0.717, 1.165) is 0 Å². The number of carbonyl (C=O) groups is 1. The molecule has 1 amide bonds. The van der Waals surface area contributed by atoms with Gasteiger partial charge in [-0.25, -0.2) is 4.98 Å². The van der Waals surface area contributed by atoms with Crippen LogP contribution in [-0.2, 0) is 0 Å². The number of hydrogen-bond acceptors (Lipinski definition) is 4. The summed E-state index contributed by atoms with van der Waals surface area (Å²) in [6, 6.07) is 6.09. The average molecular weight is 313 g/mol. The standard InChI is InChI=1S/C13H10Cl2N2O3/c1-20-10-4-5-16-11(12(10)18)13(19)17-7-2-3-8(14)9(15)6-7/h2-6,18H,1H3,(H,17,19). The fourth-order valence-electron chi connectivity index (χ4n) is 1.53. The van der Waals surface area contributed by atoms with Crippen molar-refractivity contribution in [1.29, 1.82) is 0 Å². The van der Waals surface area contributed by atoms with E-state index in [1.165, 1.54) is 25.4 Å². The number of rotatable bonds is 3. The Morgan fingerprint density at radius 2 is 2.05 bits per heavy atom.